The van der Waals surface area contributed by atoms with Crippen molar-refractivity contribution in [2.24, 2.45) is 5.41 Å². The van der Waals surface area contributed by atoms with Crippen LogP contribution in [-0.4, -0.2) is 108 Å². The molecule has 1 aromatic carbocycles. The van der Waals surface area contributed by atoms with E-state index < -0.39 is 17.7 Å². The van der Waals surface area contributed by atoms with Crippen LogP contribution in [0.4, 0.5) is 10.3 Å². The Labute approximate surface area is 231 Å². The minimum absolute atomic E-state index is 0.0179. The molecule has 0 unspecified atom stereocenters. The van der Waals surface area contributed by atoms with Crippen LogP contribution in [0.5, 0.6) is 0 Å². The second-order valence-electron chi connectivity index (χ2n) is 10.3. The van der Waals surface area contributed by atoms with Gasteiger partial charge in [-0.25, -0.2) is 19.3 Å². The van der Waals surface area contributed by atoms with E-state index in [0.29, 0.717) is 34.4 Å². The zero-order valence-corrected chi connectivity index (χ0v) is 23.0. The molecule has 12 nitrogen and oxygen atoms in total. The van der Waals surface area contributed by atoms with Crippen LogP contribution in [0.15, 0.2) is 36.5 Å². The lowest BCUT2D eigenvalue weighted by atomic mass is 9.92. The van der Waals surface area contributed by atoms with Gasteiger partial charge in [0.2, 0.25) is 18.6 Å². The van der Waals surface area contributed by atoms with E-state index in [4.69, 9.17) is 19.4 Å². The number of carboxylic acid groups (broad SMARTS) is 1. The molecule has 40 heavy (non-hydrogen) atoms. The number of carbonyl (C=O) groups excluding carboxylic acids is 1. The zero-order valence-electron chi connectivity index (χ0n) is 23.0. The number of carbonyl (C=O) groups is 2. The Balaban J connectivity index is 0.000000681. The summed E-state index contributed by atoms with van der Waals surface area (Å²) in [5, 5.41) is 9.44. The molecule has 3 aromatic rings. The number of hydrogen-bond donors (Lipinski definition) is 2. The van der Waals surface area contributed by atoms with Crippen molar-refractivity contribution in [3.05, 3.63) is 48.2 Å². The molecule has 2 saturated heterocycles. The first-order valence-electron chi connectivity index (χ1n) is 12.8. The van der Waals surface area contributed by atoms with Crippen molar-refractivity contribution in [1.29, 1.82) is 0 Å². The zero-order chi connectivity index (χ0) is 28.9. The van der Waals surface area contributed by atoms with Crippen molar-refractivity contribution in [3.8, 4) is 22.6 Å². The van der Waals surface area contributed by atoms with Crippen molar-refractivity contribution < 1.29 is 28.6 Å². The maximum absolute atomic E-state index is 13.6. The number of aromatic amines is 1. The summed E-state index contributed by atoms with van der Waals surface area (Å²) in [5.74, 6) is -0.330. The second-order valence-corrected chi connectivity index (χ2v) is 10.3. The van der Waals surface area contributed by atoms with Gasteiger partial charge in [0, 0.05) is 52.0 Å². The molecule has 214 valence electrons. The minimum Gasteiger partial charge on any atom is -0.481 e. The van der Waals surface area contributed by atoms with Gasteiger partial charge in [-0.2, -0.15) is 0 Å². The van der Waals surface area contributed by atoms with Crippen molar-refractivity contribution in [2.45, 2.75) is 13.2 Å². The van der Waals surface area contributed by atoms with Crippen LogP contribution < -0.4 is 4.90 Å². The highest BCUT2D eigenvalue weighted by molar-refractivity contribution is 5.77. The van der Waals surface area contributed by atoms with Crippen LogP contribution in [0.2, 0.25) is 0 Å². The number of nitrogens with zero attached hydrogens (tertiary/aromatic N) is 6. The lowest BCUT2D eigenvalue weighted by Crippen LogP contribution is -2.45. The number of aliphatic carboxylic acids is 1. The number of carboxylic acids is 1. The number of aromatic nitrogens is 4. The Kier molecular flexibility index (Phi) is 9.07. The number of imidazole rings is 1. The lowest BCUT2D eigenvalue weighted by molar-refractivity contribution is -0.236. The third-order valence-electron chi connectivity index (χ3n) is 6.58. The average molecular weight is 556 g/mol. The van der Waals surface area contributed by atoms with Crippen molar-refractivity contribution in [2.75, 3.05) is 65.4 Å². The maximum Gasteiger partial charge on any atom is 0.314 e. The van der Waals surface area contributed by atoms with Crippen molar-refractivity contribution in [1.82, 2.24) is 29.7 Å². The fourth-order valence-corrected chi connectivity index (χ4v) is 4.04. The molecule has 0 atom stereocenters. The first-order valence-corrected chi connectivity index (χ1v) is 12.8. The van der Waals surface area contributed by atoms with Gasteiger partial charge in [0.25, 0.3) is 0 Å². The highest BCUT2D eigenvalue weighted by Gasteiger charge is 2.41. The molecular formula is C27H34FN7O5. The fourth-order valence-electron chi connectivity index (χ4n) is 4.04. The van der Waals surface area contributed by atoms with E-state index in [1.165, 1.54) is 17.0 Å². The average Bonchev–Trinajstić information content (AvgIpc) is 3.40. The monoisotopic (exact) mass is 555 g/mol. The van der Waals surface area contributed by atoms with Gasteiger partial charge >= 0.3 is 5.97 Å². The number of rotatable bonds is 6. The van der Waals surface area contributed by atoms with E-state index in [9.17, 15) is 19.1 Å². The van der Waals surface area contributed by atoms with Gasteiger partial charge in [-0.3, -0.25) is 9.59 Å². The summed E-state index contributed by atoms with van der Waals surface area (Å²) in [6, 6.07) is 7.81. The predicted molar refractivity (Wildman–Crippen MR) is 145 cm³/mol. The third-order valence-corrected chi connectivity index (χ3v) is 6.58. The number of ether oxygens (including phenoxy) is 2. The molecule has 13 heteroatoms. The van der Waals surface area contributed by atoms with E-state index in [1.807, 2.05) is 0 Å². The van der Waals surface area contributed by atoms with E-state index in [1.54, 1.807) is 45.4 Å². The summed E-state index contributed by atoms with van der Waals surface area (Å²) in [6.45, 7) is 5.04. The summed E-state index contributed by atoms with van der Waals surface area (Å²) in [6.07, 6.45) is 1.59. The Bertz CT molecular complexity index is 1300. The van der Waals surface area contributed by atoms with Crippen LogP contribution in [0.1, 0.15) is 19.0 Å². The number of hydrogen-bond acceptors (Lipinski definition) is 9. The summed E-state index contributed by atoms with van der Waals surface area (Å²) in [7, 11) is 5.46. The standard InChI is InChI=1S/C24H27FN6O4.C3H7NO/c1-24(22(32)33)13-34-21(35-14-24)20-28-18(15-3-5-16(25)6-4-15)19(29-20)17-7-8-26-23(27-17)31-11-9-30(2)10-12-31;1-4(2)3-5/h3-8,21H,9-14H2,1-2H3,(H,28,29)(H,32,33);3H,1-2H3. The molecule has 0 aliphatic carbocycles. The number of halogens is 1. The number of nitrogens with one attached hydrogen (secondary N) is 1. The van der Waals surface area contributed by atoms with Crippen LogP contribution in [0, 0.1) is 11.2 Å². The first-order chi connectivity index (χ1) is 19.1. The Morgan fingerprint density at radius 2 is 1.75 bits per heavy atom. The lowest BCUT2D eigenvalue weighted by Gasteiger charge is -2.33. The van der Waals surface area contributed by atoms with Gasteiger partial charge in [-0.05, 0) is 44.3 Å². The minimum atomic E-state index is -1.13. The molecule has 0 bridgehead atoms. The SMILES string of the molecule is CN(C)C=O.CN1CCN(c2nccc(-c3[nH]c(C4OCC(C)(C(=O)O)CO4)nc3-c3ccc(F)cc3)n2)CC1. The van der Waals surface area contributed by atoms with Crippen molar-refractivity contribution >= 4 is 18.3 Å². The number of H-pyrrole nitrogens is 1. The van der Waals surface area contributed by atoms with Gasteiger partial charge < -0.3 is 34.3 Å². The van der Waals surface area contributed by atoms with Crippen LogP contribution in [-0.2, 0) is 19.1 Å². The Morgan fingerprint density at radius 1 is 1.12 bits per heavy atom. The molecule has 0 radical (unpaired) electrons. The number of anilines is 1. The first kappa shape index (κ1) is 29.1. The highest BCUT2D eigenvalue weighted by atomic mass is 19.1. The van der Waals surface area contributed by atoms with Crippen LogP contribution >= 0.6 is 0 Å². The molecule has 2 fully saturated rings. The molecular weight excluding hydrogens is 521 g/mol. The van der Waals surface area contributed by atoms with E-state index in [0.717, 1.165) is 32.6 Å². The second kappa shape index (κ2) is 12.5. The highest BCUT2D eigenvalue weighted by Crippen LogP contribution is 2.35. The van der Waals surface area contributed by atoms with Gasteiger partial charge in [-0.1, -0.05) is 0 Å². The normalized spacial score (nSPS) is 21.3. The molecule has 1 amide bonds. The van der Waals surface area contributed by atoms with Gasteiger partial charge in [0.05, 0.1) is 30.3 Å². The fraction of sp³-hybridized carbons (Fsp3) is 0.444. The molecule has 4 heterocycles. The summed E-state index contributed by atoms with van der Waals surface area (Å²) < 4.78 is 25.1. The van der Waals surface area contributed by atoms with E-state index in [-0.39, 0.29) is 19.0 Å². The Morgan fingerprint density at radius 3 is 2.33 bits per heavy atom. The number of amides is 1. The summed E-state index contributed by atoms with van der Waals surface area (Å²) in [4.78, 5) is 44.0. The van der Waals surface area contributed by atoms with E-state index in [2.05, 4.69) is 26.8 Å². The molecule has 2 aliphatic heterocycles. The maximum atomic E-state index is 13.6. The van der Waals surface area contributed by atoms with Crippen molar-refractivity contribution in [3.63, 3.8) is 0 Å². The predicted octanol–water partition coefficient (Wildman–Crippen LogP) is 2.27. The largest absolute Gasteiger partial charge is 0.481 e. The Hall–Kier alpha value is -3.94. The topological polar surface area (TPSA) is 137 Å². The van der Waals surface area contributed by atoms with Crippen LogP contribution in [0.25, 0.3) is 22.6 Å². The van der Waals surface area contributed by atoms with Gasteiger partial charge in [-0.15, -0.1) is 0 Å². The number of benzene rings is 1. The van der Waals surface area contributed by atoms with Gasteiger partial charge in [0.15, 0.2) is 5.82 Å². The quantitative estimate of drug-likeness (QED) is 0.436. The molecule has 0 spiro atoms. The summed E-state index contributed by atoms with van der Waals surface area (Å²) in [5.41, 5.74) is 1.36. The molecule has 5 rings (SSSR count). The molecule has 2 aliphatic rings. The summed E-state index contributed by atoms with van der Waals surface area (Å²) >= 11 is 0. The smallest absolute Gasteiger partial charge is 0.314 e. The third kappa shape index (κ3) is 6.79. The number of piperazine rings is 1. The molecule has 0 saturated carbocycles. The number of likely N-dealkylation sites (N-methyl/N-ethyl adjacent to an activating group) is 1. The van der Waals surface area contributed by atoms with Crippen LogP contribution in [0.3, 0.4) is 0 Å². The molecule has 2 aromatic heterocycles. The molecule has 2 N–H and O–H groups in total. The van der Waals surface area contributed by atoms with E-state index >= 15 is 0 Å². The van der Waals surface area contributed by atoms with Gasteiger partial charge in [0.1, 0.15) is 11.2 Å².